The molecule has 0 heterocycles. The van der Waals surface area contributed by atoms with Gasteiger partial charge in [-0.2, -0.15) is 0 Å². The number of rotatable bonds is 2. The standard InChI is InChI=1S/C11H9NO.C11H7N/c13-8-12-11-7-3-5-9-4-1-2-6-10(9)11;1-12-11-8-4-6-9-5-2-3-7-10(9)11/h1-8H,(H,12,13);2-8H. The van der Waals surface area contributed by atoms with Crippen LogP contribution in [-0.4, -0.2) is 6.41 Å². The molecule has 0 aromatic heterocycles. The summed E-state index contributed by atoms with van der Waals surface area (Å²) in [7, 11) is 0. The maximum absolute atomic E-state index is 10.3. The van der Waals surface area contributed by atoms with Gasteiger partial charge in [-0.05, 0) is 22.2 Å². The van der Waals surface area contributed by atoms with E-state index in [1.165, 1.54) is 0 Å². The molecule has 4 aromatic rings. The molecule has 0 aliphatic carbocycles. The van der Waals surface area contributed by atoms with Crippen LogP contribution in [0.2, 0.25) is 0 Å². The van der Waals surface area contributed by atoms with E-state index in [2.05, 4.69) is 10.2 Å². The molecule has 3 nitrogen and oxygen atoms in total. The van der Waals surface area contributed by atoms with Gasteiger partial charge in [0.15, 0.2) is 5.69 Å². The Hall–Kier alpha value is -3.64. The first-order valence-electron chi connectivity index (χ1n) is 7.86. The fourth-order valence-electron chi connectivity index (χ4n) is 2.72. The molecule has 0 saturated carbocycles. The summed E-state index contributed by atoms with van der Waals surface area (Å²) in [6.45, 7) is 6.95. The smallest absolute Gasteiger partial charge is 0.211 e. The van der Waals surface area contributed by atoms with Crippen LogP contribution in [0.25, 0.3) is 26.4 Å². The number of hydrogen-bond donors (Lipinski definition) is 1. The number of hydrogen-bond acceptors (Lipinski definition) is 1. The number of carbonyl (C=O) groups is 1. The highest BCUT2D eigenvalue weighted by Crippen LogP contribution is 2.25. The van der Waals surface area contributed by atoms with E-state index >= 15 is 0 Å². The molecule has 120 valence electrons. The third-order valence-corrected chi connectivity index (χ3v) is 3.89. The summed E-state index contributed by atoms with van der Waals surface area (Å²) in [5, 5.41) is 7.04. The second-order valence-electron chi connectivity index (χ2n) is 5.40. The lowest BCUT2D eigenvalue weighted by Gasteiger charge is -2.03. The molecule has 25 heavy (non-hydrogen) atoms. The molecule has 0 radical (unpaired) electrons. The minimum atomic E-state index is 0.696. The Balaban J connectivity index is 0.000000146. The Labute approximate surface area is 146 Å². The van der Waals surface area contributed by atoms with Crippen LogP contribution in [0, 0.1) is 6.57 Å². The molecule has 0 unspecified atom stereocenters. The van der Waals surface area contributed by atoms with Gasteiger partial charge in [0.2, 0.25) is 6.41 Å². The fraction of sp³-hybridized carbons (Fsp3) is 0. The van der Waals surface area contributed by atoms with Gasteiger partial charge in [0, 0.05) is 11.1 Å². The van der Waals surface area contributed by atoms with Crippen LogP contribution in [0.5, 0.6) is 0 Å². The fourth-order valence-corrected chi connectivity index (χ4v) is 2.72. The van der Waals surface area contributed by atoms with Crippen LogP contribution in [0.1, 0.15) is 0 Å². The van der Waals surface area contributed by atoms with Crippen molar-refractivity contribution in [3.63, 3.8) is 0 Å². The highest BCUT2D eigenvalue weighted by molar-refractivity contribution is 5.97. The number of carbonyl (C=O) groups excluding carboxylic acids is 1. The van der Waals surface area contributed by atoms with Gasteiger partial charge in [-0.25, -0.2) is 4.85 Å². The predicted molar refractivity (Wildman–Crippen MR) is 104 cm³/mol. The summed E-state index contributed by atoms with van der Waals surface area (Å²) in [6, 6.07) is 27.5. The van der Waals surface area contributed by atoms with Crippen LogP contribution in [0.3, 0.4) is 0 Å². The molecule has 1 N–H and O–H groups in total. The van der Waals surface area contributed by atoms with Crippen LogP contribution in [-0.2, 0) is 4.79 Å². The molecular formula is C22H16N2O. The topological polar surface area (TPSA) is 33.5 Å². The zero-order chi connectivity index (χ0) is 17.5. The highest BCUT2D eigenvalue weighted by Gasteiger charge is 1.97. The predicted octanol–water partition coefficient (Wildman–Crippen LogP) is 5.80. The maximum atomic E-state index is 10.3. The van der Waals surface area contributed by atoms with E-state index in [0.717, 1.165) is 32.9 Å². The first kappa shape index (κ1) is 16.2. The van der Waals surface area contributed by atoms with Crippen molar-refractivity contribution in [2.75, 3.05) is 5.32 Å². The molecule has 0 aliphatic heterocycles. The summed E-state index contributed by atoms with van der Waals surface area (Å²) >= 11 is 0. The van der Waals surface area contributed by atoms with Crippen molar-refractivity contribution in [1.29, 1.82) is 0 Å². The summed E-state index contributed by atoms with van der Waals surface area (Å²) in [5.74, 6) is 0. The normalized spacial score (nSPS) is 9.72. The first-order valence-corrected chi connectivity index (χ1v) is 7.86. The second-order valence-corrected chi connectivity index (χ2v) is 5.40. The lowest BCUT2D eigenvalue weighted by molar-refractivity contribution is -0.105. The Morgan fingerprint density at radius 3 is 1.96 bits per heavy atom. The lowest BCUT2D eigenvalue weighted by Crippen LogP contribution is -1.93. The average Bonchev–Trinajstić information content (AvgIpc) is 2.68. The molecule has 4 aromatic carbocycles. The Morgan fingerprint density at radius 2 is 1.28 bits per heavy atom. The number of anilines is 1. The van der Waals surface area contributed by atoms with Gasteiger partial charge >= 0.3 is 0 Å². The van der Waals surface area contributed by atoms with Crippen LogP contribution < -0.4 is 5.32 Å². The molecule has 1 amide bonds. The number of nitrogens with one attached hydrogen (secondary N) is 1. The SMILES string of the molecule is O=CNc1cccc2ccccc12.[C-]#[N+]c1cccc2ccccc12. The van der Waals surface area contributed by atoms with Gasteiger partial charge < -0.3 is 5.32 Å². The van der Waals surface area contributed by atoms with Crippen molar-refractivity contribution in [3.05, 3.63) is 96.3 Å². The van der Waals surface area contributed by atoms with E-state index in [1.807, 2.05) is 84.9 Å². The third kappa shape index (κ3) is 3.65. The van der Waals surface area contributed by atoms with Crippen molar-refractivity contribution in [3.8, 4) is 0 Å². The van der Waals surface area contributed by atoms with Crippen LogP contribution in [0.4, 0.5) is 11.4 Å². The number of benzene rings is 4. The molecule has 0 spiro atoms. The zero-order valence-electron chi connectivity index (χ0n) is 13.5. The molecule has 0 saturated heterocycles. The van der Waals surface area contributed by atoms with Gasteiger partial charge in [-0.15, -0.1) is 0 Å². The number of fused-ring (bicyclic) bond motifs is 2. The zero-order valence-corrected chi connectivity index (χ0v) is 13.5. The van der Waals surface area contributed by atoms with E-state index in [9.17, 15) is 4.79 Å². The second kappa shape index (κ2) is 7.76. The number of amides is 1. The molecule has 0 fully saturated rings. The molecule has 0 atom stereocenters. The number of nitrogens with zero attached hydrogens (tertiary/aromatic N) is 1. The monoisotopic (exact) mass is 324 g/mol. The van der Waals surface area contributed by atoms with Gasteiger partial charge in [0.05, 0.1) is 6.57 Å². The van der Waals surface area contributed by atoms with Crippen molar-refractivity contribution in [1.82, 2.24) is 0 Å². The maximum Gasteiger partial charge on any atom is 0.211 e. The Morgan fingerprint density at radius 1 is 0.720 bits per heavy atom. The quantitative estimate of drug-likeness (QED) is 0.367. The lowest BCUT2D eigenvalue weighted by atomic mass is 10.1. The average molecular weight is 324 g/mol. The van der Waals surface area contributed by atoms with E-state index in [4.69, 9.17) is 6.57 Å². The van der Waals surface area contributed by atoms with Crippen molar-refractivity contribution in [2.45, 2.75) is 0 Å². The van der Waals surface area contributed by atoms with Gasteiger partial charge in [-0.3, -0.25) is 4.79 Å². The molecule has 0 bridgehead atoms. The van der Waals surface area contributed by atoms with Gasteiger partial charge in [0.1, 0.15) is 0 Å². The molecule has 3 heteroatoms. The first-order chi connectivity index (χ1) is 12.3. The largest absolute Gasteiger partial charge is 0.328 e. The van der Waals surface area contributed by atoms with E-state index in [-0.39, 0.29) is 0 Å². The highest BCUT2D eigenvalue weighted by atomic mass is 16.1. The minimum absolute atomic E-state index is 0.696. The van der Waals surface area contributed by atoms with Crippen LogP contribution in [0.15, 0.2) is 84.9 Å². The summed E-state index contributed by atoms with van der Waals surface area (Å²) < 4.78 is 0. The molecular weight excluding hydrogens is 308 g/mol. The van der Waals surface area contributed by atoms with Crippen molar-refractivity contribution in [2.24, 2.45) is 0 Å². The summed E-state index contributed by atoms with van der Waals surface area (Å²) in [5.41, 5.74) is 1.58. The summed E-state index contributed by atoms with van der Waals surface area (Å²) in [4.78, 5) is 13.8. The summed E-state index contributed by atoms with van der Waals surface area (Å²) in [6.07, 6.45) is 0.696. The Bertz CT molecular complexity index is 1050. The van der Waals surface area contributed by atoms with E-state index in [1.54, 1.807) is 0 Å². The van der Waals surface area contributed by atoms with E-state index in [0.29, 0.717) is 6.41 Å². The molecule has 4 rings (SSSR count). The molecule has 0 aliphatic rings. The van der Waals surface area contributed by atoms with Gasteiger partial charge in [0.25, 0.3) is 0 Å². The minimum Gasteiger partial charge on any atom is -0.328 e. The third-order valence-electron chi connectivity index (χ3n) is 3.89. The van der Waals surface area contributed by atoms with Crippen molar-refractivity contribution < 1.29 is 4.79 Å². The van der Waals surface area contributed by atoms with Crippen molar-refractivity contribution >= 4 is 39.3 Å². The van der Waals surface area contributed by atoms with E-state index < -0.39 is 0 Å². The van der Waals surface area contributed by atoms with Crippen LogP contribution >= 0.6 is 0 Å². The Kier molecular flexibility index (Phi) is 5.04. The van der Waals surface area contributed by atoms with Gasteiger partial charge in [-0.1, -0.05) is 78.9 Å².